The molecule has 0 radical (unpaired) electrons. The van der Waals surface area contributed by atoms with Crippen LogP contribution in [0.3, 0.4) is 0 Å². The van der Waals surface area contributed by atoms with E-state index in [1.807, 2.05) is 68.4 Å². The summed E-state index contributed by atoms with van der Waals surface area (Å²) in [7, 11) is 2.70. The van der Waals surface area contributed by atoms with Crippen molar-refractivity contribution in [3.8, 4) is 22.7 Å². The van der Waals surface area contributed by atoms with Crippen molar-refractivity contribution < 1.29 is 19.1 Å². The van der Waals surface area contributed by atoms with Gasteiger partial charge < -0.3 is 4.74 Å². The van der Waals surface area contributed by atoms with E-state index in [-0.39, 0.29) is 11.7 Å². The fourth-order valence-electron chi connectivity index (χ4n) is 3.52. The van der Waals surface area contributed by atoms with E-state index in [9.17, 15) is 14.4 Å². The summed E-state index contributed by atoms with van der Waals surface area (Å²) < 4.78 is 7.41. The molecule has 4 amide bonds. The van der Waals surface area contributed by atoms with Gasteiger partial charge in [0.25, 0.3) is 11.8 Å². The van der Waals surface area contributed by atoms with Crippen molar-refractivity contribution in [2.45, 2.75) is 20.0 Å². The van der Waals surface area contributed by atoms with Gasteiger partial charge in [-0.05, 0) is 56.3 Å². The smallest absolute Gasteiger partial charge is 0.333 e. The van der Waals surface area contributed by atoms with Gasteiger partial charge in [0.15, 0.2) is 0 Å². The monoisotopic (exact) mass is 444 g/mol. The molecule has 2 aromatic carbocycles. The van der Waals surface area contributed by atoms with Crippen molar-refractivity contribution >= 4 is 23.9 Å². The van der Waals surface area contributed by atoms with Crippen LogP contribution in [0, 0.1) is 0 Å². The van der Waals surface area contributed by atoms with Crippen LogP contribution in [0.5, 0.6) is 5.75 Å². The van der Waals surface area contributed by atoms with E-state index in [0.717, 1.165) is 26.8 Å². The Labute approximate surface area is 191 Å². The number of para-hydroxylation sites is 1. The van der Waals surface area contributed by atoms with E-state index in [1.165, 1.54) is 20.2 Å². The van der Waals surface area contributed by atoms with E-state index in [1.54, 1.807) is 10.9 Å². The van der Waals surface area contributed by atoms with Crippen molar-refractivity contribution in [3.05, 3.63) is 71.9 Å². The SMILES string of the molecule is CC(C)Oc1ccc(-c2nn(-c3ccccc3)cc2C=C2C(=O)N(C)C(=O)N(C)C2=O)cc1. The summed E-state index contributed by atoms with van der Waals surface area (Å²) >= 11 is 0. The highest BCUT2D eigenvalue weighted by atomic mass is 16.5. The molecule has 168 valence electrons. The minimum atomic E-state index is -0.664. The molecule has 1 aromatic heterocycles. The Morgan fingerprint density at radius 2 is 1.48 bits per heavy atom. The van der Waals surface area contributed by atoms with E-state index < -0.39 is 17.8 Å². The lowest BCUT2D eigenvalue weighted by molar-refractivity contribution is -0.134. The largest absolute Gasteiger partial charge is 0.491 e. The van der Waals surface area contributed by atoms with Gasteiger partial charge in [0.05, 0.1) is 17.5 Å². The molecule has 0 saturated carbocycles. The zero-order valence-electron chi connectivity index (χ0n) is 18.9. The summed E-state index contributed by atoms with van der Waals surface area (Å²) in [5.74, 6) is -0.570. The lowest BCUT2D eigenvalue weighted by Gasteiger charge is -2.28. The summed E-state index contributed by atoms with van der Waals surface area (Å²) in [6.45, 7) is 3.91. The number of hydrogen-bond donors (Lipinski definition) is 0. The molecule has 8 heteroatoms. The average Bonchev–Trinajstić information content (AvgIpc) is 3.24. The molecule has 3 aromatic rings. The standard InChI is InChI=1S/C25H24N4O4/c1-16(2)33-20-12-10-17(11-13-20)22-18(15-29(26-22)19-8-6-5-7-9-19)14-21-23(30)27(3)25(32)28(4)24(21)31/h5-16H,1-4H3. The quantitative estimate of drug-likeness (QED) is 0.442. The molecule has 0 N–H and O–H groups in total. The average molecular weight is 444 g/mol. The van der Waals surface area contributed by atoms with Gasteiger partial charge in [-0.1, -0.05) is 18.2 Å². The molecule has 1 aliphatic rings. The van der Waals surface area contributed by atoms with Gasteiger partial charge in [0, 0.05) is 31.4 Å². The van der Waals surface area contributed by atoms with Crippen LogP contribution < -0.4 is 4.74 Å². The molecule has 33 heavy (non-hydrogen) atoms. The van der Waals surface area contributed by atoms with Crippen LogP contribution in [0.2, 0.25) is 0 Å². The summed E-state index contributed by atoms with van der Waals surface area (Å²) in [4.78, 5) is 39.4. The number of carbonyl (C=O) groups excluding carboxylic acids is 3. The van der Waals surface area contributed by atoms with E-state index >= 15 is 0 Å². The third-order valence-electron chi connectivity index (χ3n) is 5.21. The highest BCUT2D eigenvalue weighted by molar-refractivity contribution is 6.30. The van der Waals surface area contributed by atoms with Crippen molar-refractivity contribution in [2.24, 2.45) is 0 Å². The highest BCUT2D eigenvalue weighted by Gasteiger charge is 2.38. The number of imide groups is 2. The Balaban J connectivity index is 1.82. The topological polar surface area (TPSA) is 84.7 Å². The lowest BCUT2D eigenvalue weighted by atomic mass is 10.0. The number of hydrogen-bond acceptors (Lipinski definition) is 5. The Kier molecular flexibility index (Phi) is 5.83. The molecule has 0 bridgehead atoms. The van der Waals surface area contributed by atoms with Gasteiger partial charge >= 0.3 is 6.03 Å². The first-order chi connectivity index (χ1) is 15.8. The van der Waals surface area contributed by atoms with Crippen LogP contribution in [0.25, 0.3) is 23.0 Å². The minimum Gasteiger partial charge on any atom is -0.491 e. The summed E-state index contributed by atoms with van der Waals surface area (Å²) in [5.41, 5.74) is 2.68. The molecule has 1 fully saturated rings. The fraction of sp³-hybridized carbons (Fsp3) is 0.200. The van der Waals surface area contributed by atoms with Gasteiger partial charge in [-0.3, -0.25) is 19.4 Å². The van der Waals surface area contributed by atoms with Gasteiger partial charge in [0.2, 0.25) is 0 Å². The molecule has 8 nitrogen and oxygen atoms in total. The maximum atomic E-state index is 12.7. The summed E-state index contributed by atoms with van der Waals surface area (Å²) in [5, 5.41) is 4.72. The second-order valence-corrected chi connectivity index (χ2v) is 7.97. The van der Waals surface area contributed by atoms with Crippen LogP contribution in [-0.2, 0) is 9.59 Å². The first-order valence-corrected chi connectivity index (χ1v) is 10.5. The maximum Gasteiger partial charge on any atom is 0.333 e. The normalized spacial score (nSPS) is 14.3. The van der Waals surface area contributed by atoms with Gasteiger partial charge in [-0.25, -0.2) is 9.48 Å². The first-order valence-electron chi connectivity index (χ1n) is 10.5. The highest BCUT2D eigenvalue weighted by Crippen LogP contribution is 2.29. The lowest BCUT2D eigenvalue weighted by Crippen LogP contribution is -2.52. The van der Waals surface area contributed by atoms with Crippen molar-refractivity contribution in [2.75, 3.05) is 14.1 Å². The van der Waals surface area contributed by atoms with Crippen molar-refractivity contribution in [1.82, 2.24) is 19.6 Å². The number of aromatic nitrogens is 2. The van der Waals surface area contributed by atoms with Gasteiger partial charge in [-0.15, -0.1) is 0 Å². The Morgan fingerprint density at radius 1 is 0.879 bits per heavy atom. The maximum absolute atomic E-state index is 12.7. The first kappa shape index (κ1) is 22.0. The van der Waals surface area contributed by atoms with Gasteiger partial charge in [-0.2, -0.15) is 5.10 Å². The molecule has 4 rings (SSSR count). The Hall–Kier alpha value is -4.20. The number of urea groups is 1. The van der Waals surface area contributed by atoms with Crippen LogP contribution >= 0.6 is 0 Å². The number of ether oxygens (including phenoxy) is 1. The number of carbonyl (C=O) groups is 3. The zero-order chi connectivity index (χ0) is 23.7. The molecular weight excluding hydrogens is 420 g/mol. The van der Waals surface area contributed by atoms with Crippen LogP contribution in [0.4, 0.5) is 4.79 Å². The number of rotatable bonds is 5. The van der Waals surface area contributed by atoms with E-state index in [0.29, 0.717) is 11.3 Å². The predicted octanol–water partition coefficient (Wildman–Crippen LogP) is 3.76. The fourth-order valence-corrected chi connectivity index (χ4v) is 3.52. The zero-order valence-corrected chi connectivity index (χ0v) is 18.9. The van der Waals surface area contributed by atoms with Crippen molar-refractivity contribution in [1.29, 1.82) is 0 Å². The number of benzene rings is 2. The van der Waals surface area contributed by atoms with Crippen LogP contribution in [0.1, 0.15) is 19.4 Å². The third kappa shape index (κ3) is 4.27. The Morgan fingerprint density at radius 3 is 2.06 bits per heavy atom. The number of amides is 4. The van der Waals surface area contributed by atoms with Crippen LogP contribution in [0.15, 0.2) is 66.4 Å². The second kappa shape index (κ2) is 8.74. The molecule has 0 atom stereocenters. The number of nitrogens with zero attached hydrogens (tertiary/aromatic N) is 4. The third-order valence-corrected chi connectivity index (χ3v) is 5.21. The van der Waals surface area contributed by atoms with E-state index in [4.69, 9.17) is 9.84 Å². The predicted molar refractivity (Wildman–Crippen MR) is 124 cm³/mol. The summed E-state index contributed by atoms with van der Waals surface area (Å²) in [6, 6.07) is 16.3. The van der Waals surface area contributed by atoms with Crippen LogP contribution in [-0.4, -0.2) is 57.6 Å². The second-order valence-electron chi connectivity index (χ2n) is 7.97. The van der Waals surface area contributed by atoms with Gasteiger partial charge in [0.1, 0.15) is 11.3 Å². The number of likely N-dealkylation sites (N-methyl/N-ethyl adjacent to an activating group) is 2. The molecule has 1 aliphatic heterocycles. The molecular formula is C25H24N4O4. The minimum absolute atomic E-state index is 0.0495. The summed E-state index contributed by atoms with van der Waals surface area (Å²) in [6.07, 6.45) is 3.30. The molecule has 0 unspecified atom stereocenters. The molecule has 0 spiro atoms. The number of barbiturate groups is 1. The van der Waals surface area contributed by atoms with Crippen molar-refractivity contribution in [3.63, 3.8) is 0 Å². The molecule has 1 saturated heterocycles. The van der Waals surface area contributed by atoms with E-state index in [2.05, 4.69) is 0 Å². The Bertz CT molecular complexity index is 1220. The molecule has 0 aliphatic carbocycles. The molecule has 2 heterocycles.